The third-order valence-electron chi connectivity index (χ3n) is 1.70. The van der Waals surface area contributed by atoms with E-state index in [1.807, 2.05) is 11.8 Å². The minimum atomic E-state index is 0.494. The van der Waals surface area contributed by atoms with Crippen LogP contribution < -0.4 is 5.73 Å². The maximum Gasteiger partial charge on any atom is 0.122 e. The molecule has 11 heavy (non-hydrogen) atoms. The van der Waals surface area contributed by atoms with Crippen molar-refractivity contribution in [3.05, 3.63) is 0 Å². The number of hydrogen-bond donors (Lipinski definition) is 1. The second-order valence-electron chi connectivity index (χ2n) is 2.71. The fourth-order valence-electron chi connectivity index (χ4n) is 1.05. The maximum absolute atomic E-state index is 5.59. The van der Waals surface area contributed by atoms with Crippen LogP contribution in [0.4, 0.5) is 0 Å². The molecule has 1 aliphatic heterocycles. The van der Waals surface area contributed by atoms with Gasteiger partial charge in [-0.25, -0.2) is 0 Å². The van der Waals surface area contributed by atoms with Crippen LogP contribution in [0.1, 0.15) is 20.3 Å². The van der Waals surface area contributed by atoms with Gasteiger partial charge in [0.2, 0.25) is 0 Å². The first-order valence-corrected chi connectivity index (χ1v) is 5.07. The van der Waals surface area contributed by atoms with E-state index in [0.29, 0.717) is 6.04 Å². The molecule has 64 valence electrons. The van der Waals surface area contributed by atoms with E-state index in [1.165, 1.54) is 0 Å². The summed E-state index contributed by atoms with van der Waals surface area (Å²) in [5.41, 5.74) is 5.59. The largest absolute Gasteiger partial charge is 0.386 e. The van der Waals surface area contributed by atoms with Gasteiger partial charge in [-0.2, -0.15) is 5.10 Å². The van der Waals surface area contributed by atoms with Gasteiger partial charge < -0.3 is 5.73 Å². The van der Waals surface area contributed by atoms with Gasteiger partial charge in [-0.3, -0.25) is 5.01 Å². The zero-order valence-electron chi connectivity index (χ0n) is 7.08. The zero-order valence-corrected chi connectivity index (χ0v) is 7.90. The summed E-state index contributed by atoms with van der Waals surface area (Å²) in [6, 6.07) is 0.494. The van der Waals surface area contributed by atoms with Gasteiger partial charge in [-0.05, 0) is 12.7 Å². The van der Waals surface area contributed by atoms with Crippen molar-refractivity contribution in [3.8, 4) is 0 Å². The minimum absolute atomic E-state index is 0.494. The van der Waals surface area contributed by atoms with Crippen molar-refractivity contribution in [2.45, 2.75) is 26.3 Å². The third-order valence-corrected chi connectivity index (χ3v) is 2.55. The molecule has 0 amide bonds. The average molecular weight is 173 g/mol. The Morgan fingerprint density at radius 2 is 2.55 bits per heavy atom. The maximum atomic E-state index is 5.59. The van der Waals surface area contributed by atoms with Crippen LogP contribution in [0.2, 0.25) is 0 Å². The van der Waals surface area contributed by atoms with Crippen LogP contribution in [-0.2, 0) is 0 Å². The quantitative estimate of drug-likeness (QED) is 0.694. The van der Waals surface area contributed by atoms with Gasteiger partial charge in [0.15, 0.2) is 0 Å². The molecular formula is C7H15N3S. The summed E-state index contributed by atoms with van der Waals surface area (Å²) in [6.45, 7) is 4.30. The highest BCUT2D eigenvalue weighted by Crippen LogP contribution is 2.15. The Hall–Kier alpha value is -0.380. The molecule has 0 fully saturated rings. The second kappa shape index (κ2) is 3.85. The van der Waals surface area contributed by atoms with E-state index in [1.54, 1.807) is 0 Å². The molecule has 1 heterocycles. The highest BCUT2D eigenvalue weighted by molar-refractivity contribution is 7.99. The smallest absolute Gasteiger partial charge is 0.122 e. The molecule has 0 saturated carbocycles. The van der Waals surface area contributed by atoms with E-state index < -0.39 is 0 Å². The lowest BCUT2D eigenvalue weighted by Gasteiger charge is -2.18. The molecule has 0 aromatic carbocycles. The Kier molecular flexibility index (Phi) is 3.05. The first-order chi connectivity index (χ1) is 5.24. The normalized spacial score (nSPS) is 24.0. The Balaban J connectivity index is 2.33. The lowest BCUT2D eigenvalue weighted by atomic mass is 10.2. The van der Waals surface area contributed by atoms with Gasteiger partial charge in [-0.15, -0.1) is 11.8 Å². The standard InChI is InChI=1S/C7H15N3S/c1-3-11-5-10-6(2)4-7(8)9-10/h6H,3-5H2,1-2H3,(H2,8,9). The fraction of sp³-hybridized carbons (Fsp3) is 0.857. The molecule has 0 bridgehead atoms. The molecule has 0 aromatic heterocycles. The van der Waals surface area contributed by atoms with Crippen LogP contribution in [0.5, 0.6) is 0 Å². The van der Waals surface area contributed by atoms with Gasteiger partial charge in [-0.1, -0.05) is 6.92 Å². The summed E-state index contributed by atoms with van der Waals surface area (Å²) in [4.78, 5) is 0. The number of nitrogens with two attached hydrogens (primary N) is 1. The molecule has 2 N–H and O–H groups in total. The molecular weight excluding hydrogens is 158 g/mol. The van der Waals surface area contributed by atoms with Crippen molar-refractivity contribution in [1.29, 1.82) is 0 Å². The first-order valence-electron chi connectivity index (χ1n) is 3.91. The van der Waals surface area contributed by atoms with Gasteiger partial charge in [0.25, 0.3) is 0 Å². The van der Waals surface area contributed by atoms with Gasteiger partial charge in [0, 0.05) is 6.42 Å². The molecule has 3 nitrogen and oxygen atoms in total. The molecule has 0 aromatic rings. The van der Waals surface area contributed by atoms with E-state index in [9.17, 15) is 0 Å². The van der Waals surface area contributed by atoms with Crippen molar-refractivity contribution < 1.29 is 0 Å². The summed E-state index contributed by atoms with van der Waals surface area (Å²) in [5, 5.41) is 6.27. The van der Waals surface area contributed by atoms with Crippen LogP contribution in [0, 0.1) is 0 Å². The lowest BCUT2D eigenvalue weighted by molar-refractivity contribution is 0.290. The first kappa shape index (κ1) is 8.71. The highest BCUT2D eigenvalue weighted by atomic mass is 32.2. The van der Waals surface area contributed by atoms with Crippen molar-refractivity contribution in [1.82, 2.24) is 5.01 Å². The Bertz CT molecular complexity index is 158. The summed E-state index contributed by atoms with van der Waals surface area (Å²) in [7, 11) is 0. The molecule has 1 atom stereocenters. The van der Waals surface area contributed by atoms with Crippen molar-refractivity contribution in [2.24, 2.45) is 10.8 Å². The molecule has 4 heteroatoms. The molecule has 0 saturated heterocycles. The van der Waals surface area contributed by atoms with E-state index in [2.05, 4.69) is 24.0 Å². The minimum Gasteiger partial charge on any atom is -0.386 e. The Morgan fingerprint density at radius 3 is 3.00 bits per heavy atom. The van der Waals surface area contributed by atoms with Crippen LogP contribution in [0.15, 0.2) is 5.10 Å². The van der Waals surface area contributed by atoms with E-state index in [-0.39, 0.29) is 0 Å². The van der Waals surface area contributed by atoms with Crippen molar-refractivity contribution >= 4 is 17.6 Å². The summed E-state index contributed by atoms with van der Waals surface area (Å²) >= 11 is 1.87. The van der Waals surface area contributed by atoms with Gasteiger partial charge in [0.05, 0.1) is 11.9 Å². The van der Waals surface area contributed by atoms with Crippen LogP contribution in [0.25, 0.3) is 0 Å². The molecule has 1 unspecified atom stereocenters. The van der Waals surface area contributed by atoms with E-state index in [4.69, 9.17) is 5.73 Å². The second-order valence-corrected chi connectivity index (χ2v) is 3.95. The molecule has 1 aliphatic rings. The average Bonchev–Trinajstić information content (AvgIpc) is 2.26. The molecule has 0 radical (unpaired) electrons. The third kappa shape index (κ3) is 2.29. The fourth-order valence-corrected chi connectivity index (χ4v) is 1.74. The lowest BCUT2D eigenvalue weighted by Crippen LogP contribution is -2.23. The number of nitrogens with zero attached hydrogens (tertiary/aromatic N) is 2. The van der Waals surface area contributed by atoms with Crippen LogP contribution in [0.3, 0.4) is 0 Å². The summed E-state index contributed by atoms with van der Waals surface area (Å²) < 4.78 is 0. The predicted octanol–water partition coefficient (Wildman–Crippen LogP) is 1.06. The molecule has 0 aliphatic carbocycles. The number of hydrazone groups is 1. The summed E-state index contributed by atoms with van der Waals surface area (Å²) in [6.07, 6.45) is 0.921. The predicted molar refractivity (Wildman–Crippen MR) is 50.5 cm³/mol. The van der Waals surface area contributed by atoms with Crippen LogP contribution >= 0.6 is 11.8 Å². The Morgan fingerprint density at radius 1 is 1.82 bits per heavy atom. The van der Waals surface area contributed by atoms with E-state index >= 15 is 0 Å². The number of hydrogen-bond acceptors (Lipinski definition) is 4. The van der Waals surface area contributed by atoms with E-state index in [0.717, 1.165) is 23.9 Å². The highest BCUT2D eigenvalue weighted by Gasteiger charge is 2.19. The number of thioether (sulfide) groups is 1. The van der Waals surface area contributed by atoms with Crippen LogP contribution in [-0.4, -0.2) is 28.5 Å². The topological polar surface area (TPSA) is 41.6 Å². The number of rotatable bonds is 3. The van der Waals surface area contributed by atoms with Crippen molar-refractivity contribution in [3.63, 3.8) is 0 Å². The zero-order chi connectivity index (χ0) is 8.27. The SMILES string of the molecule is CCSCN1N=C(N)CC1C. The van der Waals surface area contributed by atoms with Gasteiger partial charge >= 0.3 is 0 Å². The van der Waals surface area contributed by atoms with Gasteiger partial charge in [0.1, 0.15) is 5.84 Å². The van der Waals surface area contributed by atoms with Crippen molar-refractivity contribution in [2.75, 3.05) is 11.6 Å². The number of amidine groups is 1. The molecule has 1 rings (SSSR count). The Labute approximate surface area is 72.0 Å². The summed E-state index contributed by atoms with van der Waals surface area (Å²) in [5.74, 6) is 2.88. The monoisotopic (exact) mass is 173 g/mol. The molecule has 0 spiro atoms.